The third-order valence-electron chi connectivity index (χ3n) is 3.94. The maximum atomic E-state index is 13.0. The lowest BCUT2D eigenvalue weighted by atomic mass is 10.1. The first-order chi connectivity index (χ1) is 9.70. The van der Waals surface area contributed by atoms with Crippen molar-refractivity contribution < 1.29 is 18.3 Å². The zero-order chi connectivity index (χ0) is 15.8. The molecule has 0 aliphatic carbocycles. The molecular formula is C15H23NO4S. The Bertz CT molecular complexity index is 637. The van der Waals surface area contributed by atoms with Crippen molar-refractivity contribution in [3.63, 3.8) is 0 Å². The summed E-state index contributed by atoms with van der Waals surface area (Å²) in [7, 11) is -3.61. The molecule has 6 heteroatoms. The monoisotopic (exact) mass is 313 g/mol. The largest absolute Gasteiger partial charge is 0.392 e. The fraction of sp³-hybridized carbons (Fsp3) is 0.600. The van der Waals surface area contributed by atoms with Crippen LogP contribution >= 0.6 is 0 Å². The highest BCUT2D eigenvalue weighted by Gasteiger charge is 2.40. The molecule has 21 heavy (non-hydrogen) atoms. The van der Waals surface area contributed by atoms with E-state index in [1.807, 2.05) is 26.8 Å². The molecule has 1 fully saturated rings. The van der Waals surface area contributed by atoms with Crippen molar-refractivity contribution in [2.75, 3.05) is 19.8 Å². The number of sulfonamides is 1. The Morgan fingerprint density at radius 1 is 1.29 bits per heavy atom. The van der Waals surface area contributed by atoms with Gasteiger partial charge in [-0.25, -0.2) is 8.42 Å². The van der Waals surface area contributed by atoms with Crippen molar-refractivity contribution in [3.05, 3.63) is 28.8 Å². The molecule has 1 N–H and O–H groups in total. The number of hydrogen-bond acceptors (Lipinski definition) is 4. The molecule has 1 heterocycles. The van der Waals surface area contributed by atoms with E-state index in [2.05, 4.69) is 0 Å². The first kappa shape index (κ1) is 16.4. The van der Waals surface area contributed by atoms with E-state index < -0.39 is 15.6 Å². The van der Waals surface area contributed by atoms with Gasteiger partial charge in [-0.3, -0.25) is 0 Å². The van der Waals surface area contributed by atoms with Crippen molar-refractivity contribution in [2.24, 2.45) is 0 Å². The van der Waals surface area contributed by atoms with Gasteiger partial charge in [0.15, 0.2) is 0 Å². The third-order valence-corrected chi connectivity index (χ3v) is 6.19. The first-order valence-electron chi connectivity index (χ1n) is 7.02. The molecule has 0 radical (unpaired) electrons. The van der Waals surface area contributed by atoms with Crippen molar-refractivity contribution in [1.82, 2.24) is 4.31 Å². The highest BCUT2D eigenvalue weighted by atomic mass is 32.2. The topological polar surface area (TPSA) is 66.8 Å². The maximum Gasteiger partial charge on any atom is 0.243 e. The van der Waals surface area contributed by atoms with E-state index in [4.69, 9.17) is 4.74 Å². The normalized spacial score (nSPS) is 19.7. The third kappa shape index (κ3) is 2.99. The molecule has 2 rings (SSSR count). The van der Waals surface area contributed by atoms with Crippen molar-refractivity contribution in [1.29, 1.82) is 0 Å². The Morgan fingerprint density at radius 3 is 2.52 bits per heavy atom. The molecule has 1 saturated heterocycles. The van der Waals surface area contributed by atoms with Crippen LogP contribution in [0.1, 0.15) is 30.5 Å². The zero-order valence-electron chi connectivity index (χ0n) is 13.0. The number of nitrogens with zero attached hydrogens (tertiary/aromatic N) is 1. The Balaban J connectivity index is 2.54. The van der Waals surface area contributed by atoms with Gasteiger partial charge in [-0.2, -0.15) is 4.31 Å². The summed E-state index contributed by atoms with van der Waals surface area (Å²) in [5.41, 5.74) is 1.67. The minimum Gasteiger partial charge on any atom is -0.392 e. The minimum atomic E-state index is -3.61. The molecule has 1 aliphatic rings. The van der Waals surface area contributed by atoms with Gasteiger partial charge in [-0.1, -0.05) is 6.07 Å². The van der Waals surface area contributed by atoms with Crippen LogP contribution < -0.4 is 0 Å². The Hall–Kier alpha value is -0.950. The Kier molecular flexibility index (Phi) is 4.44. The Labute approximate surface area is 126 Å². The molecule has 0 bridgehead atoms. The van der Waals surface area contributed by atoms with Crippen LogP contribution in [0.2, 0.25) is 0 Å². The summed E-state index contributed by atoms with van der Waals surface area (Å²) in [5, 5.41) is 9.38. The quantitative estimate of drug-likeness (QED) is 0.920. The summed E-state index contributed by atoms with van der Waals surface area (Å²) in [4.78, 5) is 0.270. The van der Waals surface area contributed by atoms with E-state index in [1.165, 1.54) is 4.31 Å². The molecule has 0 aromatic heterocycles. The van der Waals surface area contributed by atoms with Crippen LogP contribution in [-0.2, 0) is 21.4 Å². The number of aliphatic hydroxyl groups excluding tert-OH is 1. The lowest BCUT2D eigenvalue weighted by molar-refractivity contribution is -0.00772. The van der Waals surface area contributed by atoms with Gasteiger partial charge in [0.1, 0.15) is 0 Å². The van der Waals surface area contributed by atoms with Gasteiger partial charge in [0, 0.05) is 6.54 Å². The second-order valence-electron chi connectivity index (χ2n) is 6.14. The summed E-state index contributed by atoms with van der Waals surface area (Å²) < 4.78 is 32.9. The lowest BCUT2D eigenvalue weighted by Gasteiger charge is -2.41. The van der Waals surface area contributed by atoms with E-state index in [0.29, 0.717) is 30.9 Å². The van der Waals surface area contributed by atoms with Gasteiger partial charge >= 0.3 is 0 Å². The molecule has 0 saturated carbocycles. The molecule has 0 atom stereocenters. The van der Waals surface area contributed by atoms with Gasteiger partial charge < -0.3 is 9.84 Å². The minimum absolute atomic E-state index is 0.166. The van der Waals surface area contributed by atoms with Crippen molar-refractivity contribution >= 4 is 10.0 Å². The van der Waals surface area contributed by atoms with Gasteiger partial charge in [0.2, 0.25) is 10.0 Å². The number of morpholine rings is 1. The van der Waals surface area contributed by atoms with Gasteiger partial charge in [0.25, 0.3) is 0 Å². The lowest BCUT2D eigenvalue weighted by Crippen LogP contribution is -2.55. The van der Waals surface area contributed by atoms with E-state index in [1.54, 1.807) is 13.0 Å². The highest BCUT2D eigenvalue weighted by molar-refractivity contribution is 7.89. The van der Waals surface area contributed by atoms with E-state index >= 15 is 0 Å². The van der Waals surface area contributed by atoms with Crippen LogP contribution in [0.4, 0.5) is 0 Å². The first-order valence-corrected chi connectivity index (χ1v) is 8.46. The van der Waals surface area contributed by atoms with Crippen LogP contribution in [0.5, 0.6) is 0 Å². The van der Waals surface area contributed by atoms with Crippen LogP contribution in [0, 0.1) is 13.8 Å². The van der Waals surface area contributed by atoms with Crippen molar-refractivity contribution in [3.8, 4) is 0 Å². The van der Waals surface area contributed by atoms with Gasteiger partial charge in [-0.05, 0) is 50.5 Å². The summed E-state index contributed by atoms with van der Waals surface area (Å²) >= 11 is 0. The van der Waals surface area contributed by atoms with Crippen LogP contribution in [-0.4, -0.2) is 43.1 Å². The number of aryl methyl sites for hydroxylation is 2. The number of benzene rings is 1. The fourth-order valence-corrected chi connectivity index (χ4v) is 4.74. The van der Waals surface area contributed by atoms with E-state index in [-0.39, 0.29) is 11.5 Å². The van der Waals surface area contributed by atoms with Crippen LogP contribution in [0.3, 0.4) is 0 Å². The highest BCUT2D eigenvalue weighted by Crippen LogP contribution is 2.30. The number of hydrogen-bond donors (Lipinski definition) is 1. The number of rotatable bonds is 3. The predicted molar refractivity (Wildman–Crippen MR) is 80.6 cm³/mol. The molecule has 1 aliphatic heterocycles. The zero-order valence-corrected chi connectivity index (χ0v) is 13.8. The Morgan fingerprint density at radius 2 is 1.95 bits per heavy atom. The molecule has 5 nitrogen and oxygen atoms in total. The molecule has 118 valence electrons. The SMILES string of the molecule is Cc1cc(C)c(S(=O)(=O)N2CCOCC2(C)C)cc1CO. The average molecular weight is 313 g/mol. The number of ether oxygens (including phenoxy) is 1. The molecular weight excluding hydrogens is 290 g/mol. The molecule has 1 aromatic carbocycles. The fourth-order valence-electron chi connectivity index (χ4n) is 2.73. The molecule has 0 amide bonds. The van der Waals surface area contributed by atoms with E-state index in [0.717, 1.165) is 5.56 Å². The maximum absolute atomic E-state index is 13.0. The predicted octanol–water partition coefficient (Wildman–Crippen LogP) is 1.60. The average Bonchev–Trinajstić information content (AvgIpc) is 2.37. The second kappa shape index (κ2) is 5.68. The van der Waals surface area contributed by atoms with E-state index in [9.17, 15) is 13.5 Å². The van der Waals surface area contributed by atoms with Crippen molar-refractivity contribution in [2.45, 2.75) is 44.7 Å². The van der Waals surface area contributed by atoms with Gasteiger partial charge in [-0.15, -0.1) is 0 Å². The molecule has 1 aromatic rings. The molecule has 0 unspecified atom stereocenters. The standard InChI is InChI=1S/C15H23NO4S/c1-11-7-12(2)14(8-13(11)9-17)21(18,19)16-5-6-20-10-15(16,3)4/h7-8,17H,5-6,9-10H2,1-4H3. The number of aliphatic hydroxyl groups is 1. The smallest absolute Gasteiger partial charge is 0.243 e. The summed E-state index contributed by atoms with van der Waals surface area (Å²) in [5.74, 6) is 0. The van der Waals surface area contributed by atoms with Crippen LogP contribution in [0.15, 0.2) is 17.0 Å². The summed E-state index contributed by atoms with van der Waals surface area (Å²) in [6.45, 7) is 8.34. The van der Waals surface area contributed by atoms with Gasteiger partial charge in [0.05, 0.1) is 30.3 Å². The van der Waals surface area contributed by atoms with Crippen LogP contribution in [0.25, 0.3) is 0 Å². The summed E-state index contributed by atoms with van der Waals surface area (Å²) in [6.07, 6.45) is 0. The second-order valence-corrected chi connectivity index (χ2v) is 7.98. The molecule has 0 spiro atoms. The summed E-state index contributed by atoms with van der Waals surface area (Å²) in [6, 6.07) is 3.40.